The first-order chi connectivity index (χ1) is 20.3. The van der Waals surface area contributed by atoms with Crippen LogP contribution >= 0.6 is 0 Å². The Balaban J connectivity index is 0.000000420. The number of esters is 1. The molecule has 1 unspecified atom stereocenters. The standard InChI is InChI=1S/2C18H26O3/c1-4-6-7-8-16(5-2)21-18(19)14-11-15-9-12-17(20-3)13-10-15;1-4-6-7-8-13-16(17(21-3)18(19)20)15-12-10-9-11-14(15)5-2/h9-14,16H,4-8H2,1-3H3;9-12H,4-8,13H2,1-3H3,(H,19,20). The molecular weight excluding hydrogens is 528 g/mol. The molecule has 0 amide bonds. The second kappa shape index (κ2) is 22.1. The number of carboxylic acids is 1. The lowest BCUT2D eigenvalue weighted by atomic mass is 9.93. The second-order valence-electron chi connectivity index (χ2n) is 10.2. The first kappa shape index (κ1) is 36.5. The fraction of sp³-hybridized carbons (Fsp3) is 0.500. The number of unbranched alkanes of at least 4 members (excludes halogenated alkanes) is 5. The zero-order chi connectivity index (χ0) is 31.2. The van der Waals surface area contributed by atoms with Gasteiger partial charge in [0.15, 0.2) is 0 Å². The SMILES string of the molecule is CCCCCC(CC)OC(=O)C=Cc1ccc(OC)cc1.CCCCCCC(=C(OC)C(=O)O)c1ccccc1CC. The molecule has 0 aromatic heterocycles. The molecule has 2 rings (SSSR count). The van der Waals surface area contributed by atoms with Crippen molar-refractivity contribution in [1.29, 1.82) is 0 Å². The highest BCUT2D eigenvalue weighted by Gasteiger charge is 2.18. The van der Waals surface area contributed by atoms with Gasteiger partial charge in [-0.3, -0.25) is 0 Å². The summed E-state index contributed by atoms with van der Waals surface area (Å²) in [7, 11) is 3.07. The Morgan fingerprint density at radius 1 is 0.857 bits per heavy atom. The summed E-state index contributed by atoms with van der Waals surface area (Å²) in [6.45, 7) is 8.48. The summed E-state index contributed by atoms with van der Waals surface area (Å²) in [5.41, 5.74) is 3.94. The van der Waals surface area contributed by atoms with Crippen LogP contribution in [-0.2, 0) is 25.5 Å². The van der Waals surface area contributed by atoms with Gasteiger partial charge in [0.25, 0.3) is 0 Å². The summed E-state index contributed by atoms with van der Waals surface area (Å²) in [5, 5.41) is 9.39. The van der Waals surface area contributed by atoms with E-state index in [9.17, 15) is 14.7 Å². The van der Waals surface area contributed by atoms with E-state index in [-0.39, 0.29) is 17.8 Å². The smallest absolute Gasteiger partial charge is 0.371 e. The number of methoxy groups -OCH3 is 2. The Morgan fingerprint density at radius 3 is 2.10 bits per heavy atom. The lowest BCUT2D eigenvalue weighted by molar-refractivity contribution is -0.143. The number of allylic oxidation sites excluding steroid dienone is 1. The maximum atomic E-state index is 11.8. The highest BCUT2D eigenvalue weighted by atomic mass is 16.5. The summed E-state index contributed by atoms with van der Waals surface area (Å²) in [6, 6.07) is 15.5. The van der Waals surface area contributed by atoms with Gasteiger partial charge in [-0.1, -0.05) is 96.2 Å². The van der Waals surface area contributed by atoms with Gasteiger partial charge in [-0.2, -0.15) is 0 Å². The minimum Gasteiger partial charge on any atom is -0.497 e. The van der Waals surface area contributed by atoms with E-state index in [2.05, 4.69) is 33.8 Å². The molecule has 42 heavy (non-hydrogen) atoms. The molecule has 0 fully saturated rings. The number of aliphatic carboxylic acids is 1. The van der Waals surface area contributed by atoms with Crippen LogP contribution in [0.5, 0.6) is 5.75 Å². The van der Waals surface area contributed by atoms with Crippen molar-refractivity contribution in [2.75, 3.05) is 14.2 Å². The molecule has 0 saturated heterocycles. The van der Waals surface area contributed by atoms with Crippen molar-refractivity contribution in [2.24, 2.45) is 0 Å². The average molecular weight is 581 g/mol. The average Bonchev–Trinajstić information content (AvgIpc) is 3.01. The van der Waals surface area contributed by atoms with E-state index in [4.69, 9.17) is 14.2 Å². The van der Waals surface area contributed by atoms with E-state index in [1.165, 1.54) is 44.4 Å². The Morgan fingerprint density at radius 2 is 1.52 bits per heavy atom. The van der Waals surface area contributed by atoms with Gasteiger partial charge in [0.2, 0.25) is 5.76 Å². The number of carboxylic acid groups (broad SMARTS) is 1. The minimum atomic E-state index is -0.992. The first-order valence-electron chi connectivity index (χ1n) is 15.5. The quantitative estimate of drug-likeness (QED) is 0.0819. The number of rotatable bonds is 18. The zero-order valence-electron chi connectivity index (χ0n) is 26.6. The molecule has 2 aromatic carbocycles. The summed E-state index contributed by atoms with van der Waals surface area (Å²) in [6.07, 6.45) is 14.7. The van der Waals surface area contributed by atoms with Crippen LogP contribution in [-0.4, -0.2) is 37.4 Å². The third-order valence-corrected chi connectivity index (χ3v) is 7.07. The van der Waals surface area contributed by atoms with E-state index >= 15 is 0 Å². The summed E-state index contributed by atoms with van der Waals surface area (Å²) in [4.78, 5) is 23.3. The fourth-order valence-electron chi connectivity index (χ4n) is 4.61. The van der Waals surface area contributed by atoms with E-state index in [0.717, 1.165) is 67.4 Å². The van der Waals surface area contributed by atoms with Gasteiger partial charge in [-0.05, 0) is 73.4 Å². The van der Waals surface area contributed by atoms with Crippen LogP contribution in [0.2, 0.25) is 0 Å². The number of benzene rings is 2. The Kier molecular flexibility index (Phi) is 19.2. The van der Waals surface area contributed by atoms with Crippen LogP contribution in [0.25, 0.3) is 11.6 Å². The molecule has 0 heterocycles. The predicted molar refractivity (Wildman–Crippen MR) is 172 cm³/mol. The van der Waals surface area contributed by atoms with Crippen molar-refractivity contribution in [3.8, 4) is 5.75 Å². The molecule has 2 aromatic rings. The molecule has 6 nitrogen and oxygen atoms in total. The van der Waals surface area contributed by atoms with Gasteiger partial charge in [0.05, 0.1) is 14.2 Å². The molecule has 0 spiro atoms. The molecule has 0 radical (unpaired) electrons. The molecule has 6 heteroatoms. The van der Waals surface area contributed by atoms with Gasteiger partial charge in [0, 0.05) is 11.6 Å². The number of aryl methyl sites for hydroxylation is 1. The van der Waals surface area contributed by atoms with Gasteiger partial charge >= 0.3 is 11.9 Å². The van der Waals surface area contributed by atoms with Crippen LogP contribution in [0.4, 0.5) is 0 Å². The van der Waals surface area contributed by atoms with Gasteiger partial charge in [-0.15, -0.1) is 0 Å². The molecular formula is C36H52O6. The van der Waals surface area contributed by atoms with Crippen molar-refractivity contribution in [3.63, 3.8) is 0 Å². The second-order valence-corrected chi connectivity index (χ2v) is 10.2. The number of carbonyl (C=O) groups excluding carboxylic acids is 1. The highest BCUT2D eigenvalue weighted by molar-refractivity contribution is 5.94. The number of ether oxygens (including phenoxy) is 3. The Hall–Kier alpha value is -3.54. The Bertz CT molecular complexity index is 1100. The molecule has 0 aliphatic carbocycles. The molecule has 0 saturated carbocycles. The van der Waals surface area contributed by atoms with Gasteiger partial charge in [0.1, 0.15) is 11.9 Å². The fourth-order valence-corrected chi connectivity index (χ4v) is 4.61. The van der Waals surface area contributed by atoms with Crippen molar-refractivity contribution in [1.82, 2.24) is 0 Å². The van der Waals surface area contributed by atoms with E-state index < -0.39 is 5.97 Å². The number of hydrogen-bond donors (Lipinski definition) is 1. The normalized spacial score (nSPS) is 12.1. The topological polar surface area (TPSA) is 82.1 Å². The van der Waals surface area contributed by atoms with E-state index in [1.54, 1.807) is 13.2 Å². The maximum absolute atomic E-state index is 11.8. The summed E-state index contributed by atoms with van der Waals surface area (Å²) in [5.74, 6) is -0.382. The lowest BCUT2D eigenvalue weighted by Gasteiger charge is -2.15. The van der Waals surface area contributed by atoms with Gasteiger partial charge < -0.3 is 19.3 Å². The third kappa shape index (κ3) is 13.9. The molecule has 1 atom stereocenters. The third-order valence-electron chi connectivity index (χ3n) is 7.07. The van der Waals surface area contributed by atoms with Crippen LogP contribution in [0.1, 0.15) is 109 Å². The van der Waals surface area contributed by atoms with E-state index in [1.807, 2.05) is 42.5 Å². The minimum absolute atomic E-state index is 0.0320. The first-order valence-corrected chi connectivity index (χ1v) is 15.5. The summed E-state index contributed by atoms with van der Waals surface area (Å²) >= 11 is 0. The maximum Gasteiger partial charge on any atom is 0.371 e. The molecule has 0 bridgehead atoms. The monoisotopic (exact) mass is 580 g/mol. The molecule has 0 aliphatic heterocycles. The van der Waals surface area contributed by atoms with E-state index in [0.29, 0.717) is 0 Å². The number of hydrogen-bond acceptors (Lipinski definition) is 5. The van der Waals surface area contributed by atoms with Crippen LogP contribution in [0.3, 0.4) is 0 Å². The van der Waals surface area contributed by atoms with Crippen molar-refractivity contribution in [3.05, 3.63) is 77.1 Å². The highest BCUT2D eigenvalue weighted by Crippen LogP contribution is 2.29. The van der Waals surface area contributed by atoms with Crippen LogP contribution in [0, 0.1) is 0 Å². The van der Waals surface area contributed by atoms with Crippen molar-refractivity contribution >= 4 is 23.6 Å². The lowest BCUT2D eigenvalue weighted by Crippen LogP contribution is -2.15. The largest absolute Gasteiger partial charge is 0.497 e. The van der Waals surface area contributed by atoms with Crippen molar-refractivity contribution in [2.45, 2.75) is 104 Å². The number of carbonyl (C=O) groups is 2. The van der Waals surface area contributed by atoms with Crippen molar-refractivity contribution < 1.29 is 28.9 Å². The van der Waals surface area contributed by atoms with Crippen LogP contribution in [0.15, 0.2) is 60.4 Å². The predicted octanol–water partition coefficient (Wildman–Crippen LogP) is 9.27. The molecule has 0 aliphatic rings. The molecule has 1 N–H and O–H groups in total. The van der Waals surface area contributed by atoms with Crippen LogP contribution < -0.4 is 4.74 Å². The summed E-state index contributed by atoms with van der Waals surface area (Å²) < 4.78 is 15.7. The zero-order valence-corrected chi connectivity index (χ0v) is 26.6. The van der Waals surface area contributed by atoms with Gasteiger partial charge in [-0.25, -0.2) is 9.59 Å². The Labute approximate surface area is 253 Å². The molecule has 232 valence electrons.